The summed E-state index contributed by atoms with van der Waals surface area (Å²) in [6, 6.07) is 0.458. The maximum atomic E-state index is 11.4. The van der Waals surface area contributed by atoms with Gasteiger partial charge in [0.05, 0.1) is 6.54 Å². The predicted octanol–water partition coefficient (Wildman–Crippen LogP) is 0.137. The van der Waals surface area contributed by atoms with Gasteiger partial charge in [0.15, 0.2) is 0 Å². The van der Waals surface area contributed by atoms with Gasteiger partial charge in [-0.2, -0.15) is 0 Å². The van der Waals surface area contributed by atoms with Crippen molar-refractivity contribution in [2.24, 2.45) is 0 Å². The number of nitrogens with zero attached hydrogens (tertiary/aromatic N) is 1. The predicted molar refractivity (Wildman–Crippen MR) is 46.7 cm³/mol. The van der Waals surface area contributed by atoms with Crippen LogP contribution in [0.3, 0.4) is 0 Å². The molecule has 1 saturated heterocycles. The SMILES string of the molecule is O=C1CNCCN1C1CC=CC1. The zero-order chi connectivity index (χ0) is 8.39. The summed E-state index contributed by atoms with van der Waals surface area (Å²) in [6.07, 6.45) is 6.43. The van der Waals surface area contributed by atoms with E-state index in [4.69, 9.17) is 0 Å². The molecule has 1 amide bonds. The van der Waals surface area contributed by atoms with Crippen LogP contribution in [0.2, 0.25) is 0 Å². The molecule has 1 heterocycles. The van der Waals surface area contributed by atoms with E-state index < -0.39 is 0 Å². The Morgan fingerprint density at radius 3 is 2.83 bits per heavy atom. The minimum Gasteiger partial charge on any atom is -0.337 e. The summed E-state index contributed by atoms with van der Waals surface area (Å²) < 4.78 is 0. The van der Waals surface area contributed by atoms with Crippen LogP contribution < -0.4 is 5.32 Å². The van der Waals surface area contributed by atoms with Gasteiger partial charge in [0.25, 0.3) is 0 Å². The van der Waals surface area contributed by atoms with Crippen LogP contribution in [0, 0.1) is 0 Å². The molecule has 66 valence electrons. The van der Waals surface area contributed by atoms with Crippen LogP contribution in [0.4, 0.5) is 0 Å². The molecule has 0 spiro atoms. The van der Waals surface area contributed by atoms with Crippen LogP contribution in [-0.2, 0) is 4.79 Å². The molecule has 2 rings (SSSR count). The molecular weight excluding hydrogens is 152 g/mol. The summed E-state index contributed by atoms with van der Waals surface area (Å²) >= 11 is 0. The Labute approximate surface area is 72.4 Å². The summed E-state index contributed by atoms with van der Waals surface area (Å²) in [5, 5.41) is 3.08. The highest BCUT2D eigenvalue weighted by Crippen LogP contribution is 2.17. The maximum absolute atomic E-state index is 11.4. The molecule has 3 heteroatoms. The highest BCUT2D eigenvalue weighted by Gasteiger charge is 2.25. The van der Waals surface area contributed by atoms with Crippen molar-refractivity contribution in [2.75, 3.05) is 19.6 Å². The fourth-order valence-electron chi connectivity index (χ4n) is 1.86. The largest absolute Gasteiger partial charge is 0.337 e. The van der Waals surface area contributed by atoms with Crippen LogP contribution in [-0.4, -0.2) is 36.5 Å². The zero-order valence-electron chi connectivity index (χ0n) is 7.12. The molecule has 3 nitrogen and oxygen atoms in total. The third-order valence-corrected chi connectivity index (χ3v) is 2.55. The monoisotopic (exact) mass is 166 g/mol. The lowest BCUT2D eigenvalue weighted by Crippen LogP contribution is -2.51. The second-order valence-corrected chi connectivity index (χ2v) is 3.36. The number of carbonyl (C=O) groups is 1. The Bertz CT molecular complexity index is 205. The maximum Gasteiger partial charge on any atom is 0.236 e. The van der Waals surface area contributed by atoms with Crippen molar-refractivity contribution in [2.45, 2.75) is 18.9 Å². The minimum atomic E-state index is 0.259. The van der Waals surface area contributed by atoms with Crippen LogP contribution in [0.1, 0.15) is 12.8 Å². The van der Waals surface area contributed by atoms with Gasteiger partial charge in [0.1, 0.15) is 0 Å². The molecule has 0 saturated carbocycles. The van der Waals surface area contributed by atoms with Crippen molar-refractivity contribution in [1.29, 1.82) is 0 Å². The Morgan fingerprint density at radius 1 is 1.42 bits per heavy atom. The third kappa shape index (κ3) is 1.37. The van der Waals surface area contributed by atoms with E-state index >= 15 is 0 Å². The standard InChI is InChI=1S/C9H14N2O/c12-9-7-10-5-6-11(9)8-3-1-2-4-8/h1-2,8,10H,3-7H2. The highest BCUT2D eigenvalue weighted by atomic mass is 16.2. The van der Waals surface area contributed by atoms with E-state index in [1.54, 1.807) is 0 Å². The van der Waals surface area contributed by atoms with E-state index in [1.807, 2.05) is 4.90 Å². The summed E-state index contributed by atoms with van der Waals surface area (Å²) in [4.78, 5) is 13.4. The van der Waals surface area contributed by atoms with Crippen LogP contribution in [0.15, 0.2) is 12.2 Å². The van der Waals surface area contributed by atoms with Crippen molar-refractivity contribution < 1.29 is 4.79 Å². The van der Waals surface area contributed by atoms with Gasteiger partial charge in [0, 0.05) is 19.1 Å². The van der Waals surface area contributed by atoms with E-state index in [9.17, 15) is 4.79 Å². The summed E-state index contributed by atoms with van der Waals surface area (Å²) in [5.74, 6) is 0.259. The van der Waals surface area contributed by atoms with Crippen molar-refractivity contribution >= 4 is 5.91 Å². The van der Waals surface area contributed by atoms with E-state index in [2.05, 4.69) is 17.5 Å². The van der Waals surface area contributed by atoms with Crippen LogP contribution in [0.5, 0.6) is 0 Å². The van der Waals surface area contributed by atoms with Gasteiger partial charge in [-0.3, -0.25) is 4.79 Å². The first-order chi connectivity index (χ1) is 5.88. The molecule has 1 aliphatic heterocycles. The highest BCUT2D eigenvalue weighted by molar-refractivity contribution is 5.79. The molecule has 0 bridgehead atoms. The fraction of sp³-hybridized carbons (Fsp3) is 0.667. The van der Waals surface area contributed by atoms with E-state index in [0.717, 1.165) is 25.9 Å². The minimum absolute atomic E-state index is 0.259. The molecule has 12 heavy (non-hydrogen) atoms. The van der Waals surface area contributed by atoms with E-state index in [1.165, 1.54) is 0 Å². The molecule has 0 unspecified atom stereocenters. The van der Waals surface area contributed by atoms with Gasteiger partial charge in [-0.05, 0) is 12.8 Å². The molecular formula is C9H14N2O. The Balaban J connectivity index is 1.96. The second kappa shape index (κ2) is 3.27. The normalized spacial score (nSPS) is 25.3. The van der Waals surface area contributed by atoms with E-state index in [0.29, 0.717) is 12.6 Å². The molecule has 2 aliphatic rings. The van der Waals surface area contributed by atoms with Gasteiger partial charge in [-0.1, -0.05) is 12.2 Å². The van der Waals surface area contributed by atoms with Gasteiger partial charge in [-0.25, -0.2) is 0 Å². The average molecular weight is 166 g/mol. The number of nitrogens with one attached hydrogen (secondary N) is 1. The van der Waals surface area contributed by atoms with Crippen molar-refractivity contribution in [1.82, 2.24) is 10.2 Å². The first-order valence-corrected chi connectivity index (χ1v) is 4.53. The number of piperazine rings is 1. The number of rotatable bonds is 1. The molecule has 1 aliphatic carbocycles. The van der Waals surface area contributed by atoms with Crippen LogP contribution >= 0.6 is 0 Å². The van der Waals surface area contributed by atoms with Crippen LogP contribution in [0.25, 0.3) is 0 Å². The van der Waals surface area contributed by atoms with Crippen molar-refractivity contribution in [3.63, 3.8) is 0 Å². The summed E-state index contributed by atoms with van der Waals surface area (Å²) in [7, 11) is 0. The number of hydrogen-bond donors (Lipinski definition) is 1. The Hall–Kier alpha value is -0.830. The molecule has 0 aromatic carbocycles. The Kier molecular flexibility index (Phi) is 2.13. The lowest BCUT2D eigenvalue weighted by atomic mass is 10.2. The lowest BCUT2D eigenvalue weighted by Gasteiger charge is -2.32. The van der Waals surface area contributed by atoms with Gasteiger partial charge in [0.2, 0.25) is 5.91 Å². The molecule has 0 aromatic heterocycles. The van der Waals surface area contributed by atoms with Crippen molar-refractivity contribution in [3.05, 3.63) is 12.2 Å². The molecule has 1 N–H and O–H groups in total. The summed E-state index contributed by atoms with van der Waals surface area (Å²) in [6.45, 7) is 2.35. The van der Waals surface area contributed by atoms with Gasteiger partial charge in [-0.15, -0.1) is 0 Å². The number of carbonyl (C=O) groups excluding carboxylic acids is 1. The molecule has 0 atom stereocenters. The first kappa shape index (κ1) is 7.80. The smallest absolute Gasteiger partial charge is 0.236 e. The molecule has 0 aromatic rings. The van der Waals surface area contributed by atoms with E-state index in [-0.39, 0.29) is 5.91 Å². The molecule has 1 fully saturated rings. The zero-order valence-corrected chi connectivity index (χ0v) is 7.12. The lowest BCUT2D eigenvalue weighted by molar-refractivity contribution is -0.134. The quantitative estimate of drug-likeness (QED) is 0.562. The van der Waals surface area contributed by atoms with Gasteiger partial charge >= 0.3 is 0 Å². The number of amides is 1. The molecule has 0 radical (unpaired) electrons. The third-order valence-electron chi connectivity index (χ3n) is 2.55. The van der Waals surface area contributed by atoms with Gasteiger partial charge < -0.3 is 10.2 Å². The number of hydrogen-bond acceptors (Lipinski definition) is 2. The average Bonchev–Trinajstić information content (AvgIpc) is 2.57. The topological polar surface area (TPSA) is 32.3 Å². The summed E-state index contributed by atoms with van der Waals surface area (Å²) in [5.41, 5.74) is 0. The Morgan fingerprint density at radius 2 is 2.17 bits per heavy atom. The second-order valence-electron chi connectivity index (χ2n) is 3.36. The first-order valence-electron chi connectivity index (χ1n) is 4.53. The van der Waals surface area contributed by atoms with Crippen molar-refractivity contribution in [3.8, 4) is 0 Å². The fourth-order valence-corrected chi connectivity index (χ4v) is 1.86.